The molecule has 7 heteroatoms. The van der Waals surface area contributed by atoms with Crippen molar-refractivity contribution < 1.29 is 23.1 Å². The third kappa shape index (κ3) is 3.97. The van der Waals surface area contributed by atoms with E-state index in [9.17, 15) is 18.4 Å². The molecule has 32 heavy (non-hydrogen) atoms. The van der Waals surface area contributed by atoms with Crippen molar-refractivity contribution in [2.75, 3.05) is 16.8 Å². The lowest BCUT2D eigenvalue weighted by molar-refractivity contribution is -0.120. The van der Waals surface area contributed by atoms with Crippen LogP contribution in [0.25, 0.3) is 5.57 Å². The number of carbonyl (C=O) groups excluding carboxylic acids is 2. The molecule has 1 aliphatic rings. The monoisotopic (exact) mass is 434 g/mol. The van der Waals surface area contributed by atoms with Gasteiger partial charge in [-0.1, -0.05) is 29.8 Å². The number of hydrogen-bond donors (Lipinski definition) is 1. The molecule has 1 aliphatic heterocycles. The van der Waals surface area contributed by atoms with Crippen molar-refractivity contribution in [2.45, 2.75) is 13.8 Å². The molecule has 3 aromatic rings. The minimum absolute atomic E-state index is 0.00624. The van der Waals surface area contributed by atoms with Crippen molar-refractivity contribution in [2.24, 2.45) is 0 Å². The summed E-state index contributed by atoms with van der Waals surface area (Å²) in [6.45, 7) is 4.27. The first-order chi connectivity index (χ1) is 15.4. The number of nitrogens with one attached hydrogen (secondary N) is 1. The molecule has 0 bridgehead atoms. The van der Waals surface area contributed by atoms with Crippen LogP contribution in [-0.2, 0) is 9.59 Å². The number of aryl methyl sites for hydroxylation is 1. The number of halogens is 2. The summed E-state index contributed by atoms with van der Waals surface area (Å²) < 4.78 is 33.3. The standard InChI is InChI=1S/C25H20F2N2O3/c1-3-32-19-11-6-16(7-12-19)22-23(28-18-9-4-15(2)5-10-18)25(31)29(24(22)30)21-13-8-17(26)14-20(21)27/h4-14,28H,3H2,1-2H3. The Hall–Kier alpha value is -4.00. The Balaban J connectivity index is 1.80. The van der Waals surface area contributed by atoms with Crippen LogP contribution in [0.5, 0.6) is 5.75 Å². The predicted molar refractivity (Wildman–Crippen MR) is 118 cm³/mol. The zero-order valence-corrected chi connectivity index (χ0v) is 17.5. The van der Waals surface area contributed by atoms with Gasteiger partial charge in [0.15, 0.2) is 0 Å². The van der Waals surface area contributed by atoms with Gasteiger partial charge in [-0.2, -0.15) is 0 Å². The number of hydrogen-bond acceptors (Lipinski definition) is 4. The van der Waals surface area contributed by atoms with E-state index in [-0.39, 0.29) is 17.0 Å². The minimum atomic E-state index is -1.01. The molecule has 0 aromatic heterocycles. The molecule has 0 saturated heterocycles. The molecule has 2 amide bonds. The quantitative estimate of drug-likeness (QED) is 0.551. The van der Waals surface area contributed by atoms with Gasteiger partial charge < -0.3 is 10.1 Å². The van der Waals surface area contributed by atoms with E-state index in [2.05, 4.69) is 5.32 Å². The topological polar surface area (TPSA) is 58.6 Å². The van der Waals surface area contributed by atoms with E-state index in [1.165, 1.54) is 0 Å². The highest BCUT2D eigenvalue weighted by Gasteiger charge is 2.41. The normalized spacial score (nSPS) is 13.7. The van der Waals surface area contributed by atoms with Gasteiger partial charge in [0.05, 0.1) is 17.9 Å². The fourth-order valence-corrected chi connectivity index (χ4v) is 3.46. The van der Waals surface area contributed by atoms with Crippen molar-refractivity contribution in [3.05, 3.63) is 95.2 Å². The molecule has 0 fully saturated rings. The van der Waals surface area contributed by atoms with Crippen LogP contribution < -0.4 is 15.0 Å². The molecule has 4 rings (SSSR count). The van der Waals surface area contributed by atoms with Crippen LogP contribution in [0.3, 0.4) is 0 Å². The Labute approximate surface area is 183 Å². The van der Waals surface area contributed by atoms with Gasteiger partial charge in [-0.05, 0) is 55.8 Å². The van der Waals surface area contributed by atoms with Crippen LogP contribution >= 0.6 is 0 Å². The lowest BCUT2D eigenvalue weighted by Gasteiger charge is -2.16. The Kier molecular flexibility index (Phi) is 5.73. The third-order valence-electron chi connectivity index (χ3n) is 5.01. The maximum absolute atomic E-state index is 14.5. The highest BCUT2D eigenvalue weighted by Crippen LogP contribution is 2.35. The van der Waals surface area contributed by atoms with E-state index in [0.717, 1.165) is 22.6 Å². The zero-order valence-electron chi connectivity index (χ0n) is 17.5. The number of nitrogens with zero attached hydrogens (tertiary/aromatic N) is 1. The molecule has 0 atom stereocenters. The van der Waals surface area contributed by atoms with Gasteiger partial charge in [0.25, 0.3) is 11.8 Å². The van der Waals surface area contributed by atoms with E-state index >= 15 is 0 Å². The van der Waals surface area contributed by atoms with E-state index in [1.54, 1.807) is 36.4 Å². The second-order valence-electron chi connectivity index (χ2n) is 7.24. The summed E-state index contributed by atoms with van der Waals surface area (Å²) in [6.07, 6.45) is 0. The number of anilines is 2. The molecule has 0 saturated carbocycles. The summed E-state index contributed by atoms with van der Waals surface area (Å²) >= 11 is 0. The molecular formula is C25H20F2N2O3. The van der Waals surface area contributed by atoms with E-state index in [1.807, 2.05) is 26.0 Å². The van der Waals surface area contributed by atoms with Gasteiger partial charge in [-0.3, -0.25) is 9.59 Å². The molecule has 3 aromatic carbocycles. The van der Waals surface area contributed by atoms with Crippen LogP contribution in [0.15, 0.2) is 72.4 Å². The number of amides is 2. The summed E-state index contributed by atoms with van der Waals surface area (Å²) in [7, 11) is 0. The molecule has 1 heterocycles. The lowest BCUT2D eigenvalue weighted by atomic mass is 10.0. The molecule has 0 aliphatic carbocycles. The van der Waals surface area contributed by atoms with Crippen LogP contribution in [0.1, 0.15) is 18.1 Å². The molecule has 0 unspecified atom stereocenters. The van der Waals surface area contributed by atoms with Gasteiger partial charge in [0.2, 0.25) is 0 Å². The average Bonchev–Trinajstić information content (AvgIpc) is 3.00. The predicted octanol–water partition coefficient (Wildman–Crippen LogP) is 5.07. The fraction of sp³-hybridized carbons (Fsp3) is 0.120. The van der Waals surface area contributed by atoms with Crippen LogP contribution in [0, 0.1) is 18.6 Å². The minimum Gasteiger partial charge on any atom is -0.494 e. The third-order valence-corrected chi connectivity index (χ3v) is 5.01. The summed E-state index contributed by atoms with van der Waals surface area (Å²) in [5.74, 6) is -2.63. The maximum Gasteiger partial charge on any atom is 0.282 e. The van der Waals surface area contributed by atoms with E-state index in [0.29, 0.717) is 29.7 Å². The highest BCUT2D eigenvalue weighted by atomic mass is 19.1. The van der Waals surface area contributed by atoms with Crippen molar-refractivity contribution in [1.29, 1.82) is 0 Å². The Bertz CT molecular complexity index is 1220. The first-order valence-electron chi connectivity index (χ1n) is 10.0. The van der Waals surface area contributed by atoms with Crippen molar-refractivity contribution in [3.8, 4) is 5.75 Å². The first kappa shape index (κ1) is 21.2. The molecule has 5 nitrogen and oxygen atoms in total. The van der Waals surface area contributed by atoms with E-state index in [4.69, 9.17) is 4.74 Å². The number of carbonyl (C=O) groups is 2. The number of benzene rings is 3. The smallest absolute Gasteiger partial charge is 0.282 e. The van der Waals surface area contributed by atoms with Gasteiger partial charge in [-0.25, -0.2) is 13.7 Å². The number of rotatable bonds is 6. The molecule has 1 N–H and O–H groups in total. The summed E-state index contributed by atoms with van der Waals surface area (Å²) in [5, 5.41) is 3.01. The van der Waals surface area contributed by atoms with Crippen molar-refractivity contribution in [1.82, 2.24) is 0 Å². The number of imide groups is 1. The van der Waals surface area contributed by atoms with Crippen LogP contribution in [0.2, 0.25) is 0 Å². The van der Waals surface area contributed by atoms with Crippen molar-refractivity contribution in [3.63, 3.8) is 0 Å². The SMILES string of the molecule is CCOc1ccc(C2=C(Nc3ccc(C)cc3)C(=O)N(c3ccc(F)cc3F)C2=O)cc1. The summed E-state index contributed by atoms with van der Waals surface area (Å²) in [5.41, 5.74) is 1.86. The van der Waals surface area contributed by atoms with Crippen LogP contribution in [0.4, 0.5) is 20.2 Å². The van der Waals surface area contributed by atoms with Crippen molar-refractivity contribution >= 4 is 28.8 Å². The van der Waals surface area contributed by atoms with Gasteiger partial charge >= 0.3 is 0 Å². The number of ether oxygens (including phenoxy) is 1. The molecule has 162 valence electrons. The van der Waals surface area contributed by atoms with E-state index < -0.39 is 23.4 Å². The van der Waals surface area contributed by atoms with Gasteiger partial charge in [0.1, 0.15) is 23.1 Å². The molecule has 0 spiro atoms. The first-order valence-corrected chi connectivity index (χ1v) is 10.0. The lowest BCUT2D eigenvalue weighted by Crippen LogP contribution is -2.33. The second kappa shape index (κ2) is 8.63. The fourth-order valence-electron chi connectivity index (χ4n) is 3.46. The van der Waals surface area contributed by atoms with Gasteiger partial charge in [-0.15, -0.1) is 0 Å². The largest absolute Gasteiger partial charge is 0.494 e. The summed E-state index contributed by atoms with van der Waals surface area (Å²) in [6, 6.07) is 16.7. The average molecular weight is 434 g/mol. The molecule has 0 radical (unpaired) electrons. The zero-order chi connectivity index (χ0) is 22.8. The van der Waals surface area contributed by atoms with Gasteiger partial charge in [0, 0.05) is 11.8 Å². The maximum atomic E-state index is 14.5. The second-order valence-corrected chi connectivity index (χ2v) is 7.24. The Morgan fingerprint density at radius 2 is 1.59 bits per heavy atom. The molecular weight excluding hydrogens is 414 g/mol. The summed E-state index contributed by atoms with van der Waals surface area (Å²) in [4.78, 5) is 27.3. The Morgan fingerprint density at radius 3 is 2.22 bits per heavy atom. The Morgan fingerprint density at radius 1 is 0.906 bits per heavy atom. The highest BCUT2D eigenvalue weighted by molar-refractivity contribution is 6.46. The van der Waals surface area contributed by atoms with Crippen LogP contribution in [-0.4, -0.2) is 18.4 Å².